The monoisotopic (exact) mass is 298 g/mol. The van der Waals surface area contributed by atoms with Crippen LogP contribution >= 0.6 is 11.6 Å². The van der Waals surface area contributed by atoms with Crippen LogP contribution in [-0.4, -0.2) is 53.7 Å². The smallest absolute Gasteiger partial charge is 0.409 e. The molecule has 0 radical (unpaired) electrons. The van der Waals surface area contributed by atoms with Crippen LogP contribution < -0.4 is 4.90 Å². The minimum Gasteiger partial charge on any atom is -0.450 e. The Morgan fingerprint density at radius 2 is 2.00 bits per heavy atom. The van der Waals surface area contributed by atoms with Gasteiger partial charge in [0.15, 0.2) is 0 Å². The van der Waals surface area contributed by atoms with Crippen LogP contribution in [-0.2, 0) is 11.2 Å². The lowest BCUT2D eigenvalue weighted by Gasteiger charge is -2.34. The van der Waals surface area contributed by atoms with Gasteiger partial charge < -0.3 is 14.5 Å². The molecule has 0 N–H and O–H groups in total. The Morgan fingerprint density at radius 1 is 1.30 bits per heavy atom. The Morgan fingerprint density at radius 3 is 2.60 bits per heavy atom. The van der Waals surface area contributed by atoms with Crippen molar-refractivity contribution in [3.05, 3.63) is 17.0 Å². The summed E-state index contributed by atoms with van der Waals surface area (Å²) in [7, 11) is 0. The second kappa shape index (κ2) is 6.74. The zero-order valence-corrected chi connectivity index (χ0v) is 12.6. The molecular weight excluding hydrogens is 280 g/mol. The molecule has 0 bridgehead atoms. The molecule has 7 heteroatoms. The lowest BCUT2D eigenvalue weighted by molar-refractivity contribution is 0.105. The molecule has 1 amide bonds. The first-order valence-corrected chi connectivity index (χ1v) is 7.22. The quantitative estimate of drug-likeness (QED) is 0.799. The molecule has 1 aliphatic rings. The summed E-state index contributed by atoms with van der Waals surface area (Å²) in [4.78, 5) is 24.1. The molecule has 2 rings (SSSR count). The number of aromatic nitrogens is 2. The van der Waals surface area contributed by atoms with E-state index in [1.165, 1.54) is 0 Å². The number of carbonyl (C=O) groups excluding carboxylic acids is 1. The van der Waals surface area contributed by atoms with E-state index >= 15 is 0 Å². The van der Waals surface area contributed by atoms with Crippen LogP contribution in [0.3, 0.4) is 0 Å². The standard InChI is InChI=1S/C13H19ClN4O2/c1-3-11-15-10(14)9-12(16-11)17-5-7-18(8-6-17)13(19)20-4-2/h9H,3-8H2,1-2H3. The second-order valence-electron chi connectivity index (χ2n) is 4.49. The van der Waals surface area contributed by atoms with Gasteiger partial charge in [0.25, 0.3) is 0 Å². The van der Waals surface area contributed by atoms with E-state index in [0.717, 1.165) is 31.2 Å². The third kappa shape index (κ3) is 3.50. The molecule has 1 fully saturated rings. The minimum absolute atomic E-state index is 0.248. The largest absolute Gasteiger partial charge is 0.450 e. The molecule has 1 aliphatic heterocycles. The summed E-state index contributed by atoms with van der Waals surface area (Å²) in [5.74, 6) is 1.56. The highest BCUT2D eigenvalue weighted by molar-refractivity contribution is 6.29. The number of nitrogens with zero attached hydrogens (tertiary/aromatic N) is 4. The topological polar surface area (TPSA) is 58.6 Å². The average Bonchev–Trinajstić information content (AvgIpc) is 2.47. The average molecular weight is 299 g/mol. The van der Waals surface area contributed by atoms with Crippen molar-refractivity contribution in [1.29, 1.82) is 0 Å². The van der Waals surface area contributed by atoms with E-state index < -0.39 is 0 Å². The van der Waals surface area contributed by atoms with Crippen LogP contribution in [0.25, 0.3) is 0 Å². The van der Waals surface area contributed by atoms with Gasteiger partial charge in [0, 0.05) is 38.7 Å². The van der Waals surface area contributed by atoms with Gasteiger partial charge in [0.05, 0.1) is 6.61 Å². The first-order valence-electron chi connectivity index (χ1n) is 6.84. The predicted molar refractivity (Wildman–Crippen MR) is 77.2 cm³/mol. The summed E-state index contributed by atoms with van der Waals surface area (Å²) in [6.07, 6.45) is 0.498. The normalized spacial score (nSPS) is 15.3. The lowest BCUT2D eigenvalue weighted by Crippen LogP contribution is -2.49. The van der Waals surface area contributed by atoms with Crippen molar-refractivity contribution in [1.82, 2.24) is 14.9 Å². The molecule has 1 saturated heterocycles. The van der Waals surface area contributed by atoms with E-state index in [-0.39, 0.29) is 6.09 Å². The Labute approximate surface area is 123 Å². The van der Waals surface area contributed by atoms with Crippen LogP contribution in [0.5, 0.6) is 0 Å². The fraction of sp³-hybridized carbons (Fsp3) is 0.615. The Kier molecular flexibility index (Phi) is 5.00. The van der Waals surface area contributed by atoms with Gasteiger partial charge in [-0.2, -0.15) is 0 Å². The molecule has 1 aromatic heterocycles. The first kappa shape index (κ1) is 14.8. The zero-order valence-electron chi connectivity index (χ0n) is 11.8. The molecule has 0 unspecified atom stereocenters. The fourth-order valence-electron chi connectivity index (χ4n) is 2.10. The van der Waals surface area contributed by atoms with Crippen LogP contribution in [0, 0.1) is 0 Å². The maximum absolute atomic E-state index is 11.6. The Hall–Kier alpha value is -1.56. The van der Waals surface area contributed by atoms with E-state index in [0.29, 0.717) is 24.8 Å². The van der Waals surface area contributed by atoms with Gasteiger partial charge in [-0.3, -0.25) is 0 Å². The van der Waals surface area contributed by atoms with Crippen molar-refractivity contribution in [3.63, 3.8) is 0 Å². The van der Waals surface area contributed by atoms with Crippen LogP contribution in [0.2, 0.25) is 5.15 Å². The third-order valence-electron chi connectivity index (χ3n) is 3.17. The van der Waals surface area contributed by atoms with Crippen LogP contribution in [0.4, 0.5) is 10.6 Å². The summed E-state index contributed by atoms with van der Waals surface area (Å²) < 4.78 is 5.00. The zero-order chi connectivity index (χ0) is 14.5. The number of halogens is 1. The fourth-order valence-corrected chi connectivity index (χ4v) is 2.30. The SMILES string of the molecule is CCOC(=O)N1CCN(c2cc(Cl)nc(CC)n2)CC1. The van der Waals surface area contributed by atoms with Crippen molar-refractivity contribution in [2.75, 3.05) is 37.7 Å². The molecule has 0 spiro atoms. The van der Waals surface area contributed by atoms with Gasteiger partial charge in [-0.1, -0.05) is 18.5 Å². The summed E-state index contributed by atoms with van der Waals surface area (Å²) in [6.45, 7) is 6.90. The van der Waals surface area contributed by atoms with Crippen LogP contribution in [0.15, 0.2) is 6.07 Å². The predicted octanol–water partition coefficient (Wildman–Crippen LogP) is 1.97. The highest BCUT2D eigenvalue weighted by Crippen LogP contribution is 2.18. The molecule has 0 saturated carbocycles. The van der Waals surface area contributed by atoms with Gasteiger partial charge >= 0.3 is 6.09 Å². The van der Waals surface area contributed by atoms with Crippen molar-refractivity contribution in [2.24, 2.45) is 0 Å². The highest BCUT2D eigenvalue weighted by Gasteiger charge is 2.23. The van der Waals surface area contributed by atoms with Gasteiger partial charge in [-0.25, -0.2) is 14.8 Å². The number of rotatable bonds is 3. The van der Waals surface area contributed by atoms with Gasteiger partial charge in [-0.05, 0) is 6.92 Å². The minimum atomic E-state index is -0.248. The number of ether oxygens (including phenoxy) is 1. The molecule has 0 aromatic carbocycles. The summed E-state index contributed by atoms with van der Waals surface area (Å²) in [5, 5.41) is 0.458. The van der Waals surface area contributed by atoms with Crippen molar-refractivity contribution in [2.45, 2.75) is 20.3 Å². The van der Waals surface area contributed by atoms with E-state index in [1.54, 1.807) is 11.0 Å². The summed E-state index contributed by atoms with van der Waals surface area (Å²) >= 11 is 6.01. The molecule has 0 atom stereocenters. The maximum atomic E-state index is 11.6. The first-order chi connectivity index (χ1) is 9.63. The molecule has 6 nitrogen and oxygen atoms in total. The van der Waals surface area contributed by atoms with E-state index in [1.807, 2.05) is 13.8 Å². The molecule has 1 aromatic rings. The van der Waals surface area contributed by atoms with E-state index in [4.69, 9.17) is 16.3 Å². The number of piperazine rings is 1. The molecule has 2 heterocycles. The summed E-state index contributed by atoms with van der Waals surface area (Å²) in [6, 6.07) is 1.76. The number of amides is 1. The molecular formula is C13H19ClN4O2. The number of hydrogen-bond donors (Lipinski definition) is 0. The Balaban J connectivity index is 2.00. The van der Waals surface area contributed by atoms with Crippen molar-refractivity contribution < 1.29 is 9.53 Å². The van der Waals surface area contributed by atoms with Gasteiger partial charge in [0.1, 0.15) is 16.8 Å². The number of hydrogen-bond acceptors (Lipinski definition) is 5. The third-order valence-corrected chi connectivity index (χ3v) is 3.37. The highest BCUT2D eigenvalue weighted by atomic mass is 35.5. The number of aryl methyl sites for hydroxylation is 1. The van der Waals surface area contributed by atoms with E-state index in [2.05, 4.69) is 14.9 Å². The Bertz CT molecular complexity index is 475. The molecule has 0 aliphatic carbocycles. The lowest BCUT2D eigenvalue weighted by atomic mass is 10.3. The van der Waals surface area contributed by atoms with Crippen molar-refractivity contribution in [3.8, 4) is 0 Å². The van der Waals surface area contributed by atoms with Crippen molar-refractivity contribution >= 4 is 23.5 Å². The summed E-state index contributed by atoms with van der Waals surface area (Å²) in [5.41, 5.74) is 0. The van der Waals surface area contributed by atoms with Crippen LogP contribution in [0.1, 0.15) is 19.7 Å². The van der Waals surface area contributed by atoms with Gasteiger partial charge in [0.2, 0.25) is 0 Å². The number of carbonyl (C=O) groups is 1. The second-order valence-corrected chi connectivity index (χ2v) is 4.88. The maximum Gasteiger partial charge on any atom is 0.409 e. The van der Waals surface area contributed by atoms with E-state index in [9.17, 15) is 4.79 Å². The molecule has 110 valence electrons. The van der Waals surface area contributed by atoms with Gasteiger partial charge in [-0.15, -0.1) is 0 Å². The number of anilines is 1. The molecule has 20 heavy (non-hydrogen) atoms.